The number of hydrogen-bond donors (Lipinski definition) is 2. The molecule has 2 aromatic carbocycles. The highest BCUT2D eigenvalue weighted by Crippen LogP contribution is 2.29. The molecule has 0 aliphatic carbocycles. The molecule has 1 atom stereocenters. The number of hydrogen-bond acceptors (Lipinski definition) is 4. The lowest BCUT2D eigenvalue weighted by molar-refractivity contribution is -0.115. The molecule has 1 amide bonds. The highest BCUT2D eigenvalue weighted by atomic mass is 16.5. The summed E-state index contributed by atoms with van der Waals surface area (Å²) in [5, 5.41) is 6.27. The number of carbonyl (C=O) groups excluding carboxylic acids is 1. The number of rotatable bonds is 9. The van der Waals surface area contributed by atoms with Gasteiger partial charge in [-0.2, -0.15) is 0 Å². The molecule has 0 aromatic heterocycles. The van der Waals surface area contributed by atoms with Crippen LogP contribution in [0, 0.1) is 5.92 Å². The molecule has 2 rings (SSSR count). The maximum atomic E-state index is 12.5. The van der Waals surface area contributed by atoms with Gasteiger partial charge in [-0.3, -0.25) is 4.79 Å². The van der Waals surface area contributed by atoms with Crippen molar-refractivity contribution in [2.45, 2.75) is 33.2 Å². The summed E-state index contributed by atoms with van der Waals surface area (Å²) in [6.45, 7) is 6.64. The molecule has 0 radical (unpaired) electrons. The quantitative estimate of drug-likeness (QED) is 0.695. The minimum absolute atomic E-state index is 0.105. The molecule has 0 saturated heterocycles. The summed E-state index contributed by atoms with van der Waals surface area (Å²) in [4.78, 5) is 12.5. The Hall–Kier alpha value is -2.53. The van der Waals surface area contributed by atoms with Crippen LogP contribution in [0.5, 0.6) is 11.5 Å². The maximum Gasteiger partial charge on any atom is 0.238 e. The van der Waals surface area contributed by atoms with E-state index in [0.29, 0.717) is 23.1 Å². The molecule has 0 aliphatic rings. The van der Waals surface area contributed by atoms with E-state index in [1.807, 2.05) is 0 Å². The van der Waals surface area contributed by atoms with Crippen LogP contribution in [-0.2, 0) is 11.2 Å². The standard InChI is InChI=1S/C22H30N2O3/c1-6-16-7-9-17(10-8-16)22(15(2)3)23-14-21(25)24-19-13-18(26-4)11-12-20(19)27-5/h7-13,15,22-23H,6,14H2,1-5H3,(H,24,25). The Morgan fingerprint density at radius 3 is 2.30 bits per heavy atom. The van der Waals surface area contributed by atoms with Crippen molar-refractivity contribution in [1.29, 1.82) is 0 Å². The number of anilines is 1. The van der Waals surface area contributed by atoms with Gasteiger partial charge in [-0.15, -0.1) is 0 Å². The normalized spacial score (nSPS) is 11.9. The fraction of sp³-hybridized carbons (Fsp3) is 0.409. The lowest BCUT2D eigenvalue weighted by atomic mass is 9.95. The van der Waals surface area contributed by atoms with Gasteiger partial charge in [0, 0.05) is 12.1 Å². The maximum absolute atomic E-state index is 12.5. The zero-order valence-corrected chi connectivity index (χ0v) is 16.8. The van der Waals surface area contributed by atoms with Gasteiger partial charge in [0.05, 0.1) is 26.5 Å². The van der Waals surface area contributed by atoms with Crippen molar-refractivity contribution in [2.75, 3.05) is 26.1 Å². The molecule has 0 fully saturated rings. The van der Waals surface area contributed by atoms with Crippen LogP contribution in [0.15, 0.2) is 42.5 Å². The number of nitrogens with one attached hydrogen (secondary N) is 2. The van der Waals surface area contributed by atoms with Crippen molar-refractivity contribution < 1.29 is 14.3 Å². The zero-order valence-electron chi connectivity index (χ0n) is 16.8. The largest absolute Gasteiger partial charge is 0.497 e. The molecule has 2 N–H and O–H groups in total. The summed E-state index contributed by atoms with van der Waals surface area (Å²) in [5.74, 6) is 1.49. The van der Waals surface area contributed by atoms with Gasteiger partial charge in [-0.05, 0) is 35.6 Å². The predicted molar refractivity (Wildman–Crippen MR) is 110 cm³/mol. The summed E-state index contributed by atoms with van der Waals surface area (Å²) in [5.41, 5.74) is 3.09. The SMILES string of the molecule is CCc1ccc(C(NCC(=O)Nc2cc(OC)ccc2OC)C(C)C)cc1. The summed E-state index contributed by atoms with van der Waals surface area (Å²) in [6, 6.07) is 14.0. The van der Waals surface area contributed by atoms with E-state index < -0.39 is 0 Å². The van der Waals surface area contributed by atoms with E-state index in [2.05, 4.69) is 55.7 Å². The molecule has 0 heterocycles. The van der Waals surface area contributed by atoms with Gasteiger partial charge in [0.15, 0.2) is 0 Å². The molecule has 1 unspecified atom stereocenters. The van der Waals surface area contributed by atoms with Crippen LogP contribution < -0.4 is 20.1 Å². The van der Waals surface area contributed by atoms with E-state index in [-0.39, 0.29) is 18.5 Å². The summed E-state index contributed by atoms with van der Waals surface area (Å²) in [7, 11) is 3.16. The van der Waals surface area contributed by atoms with Crippen LogP contribution in [0.4, 0.5) is 5.69 Å². The minimum atomic E-state index is -0.127. The Balaban J connectivity index is 2.03. The minimum Gasteiger partial charge on any atom is -0.497 e. The molecule has 5 heteroatoms. The lowest BCUT2D eigenvalue weighted by Gasteiger charge is -2.23. The number of ether oxygens (including phenoxy) is 2. The first-order chi connectivity index (χ1) is 13.0. The highest BCUT2D eigenvalue weighted by molar-refractivity contribution is 5.94. The Labute approximate surface area is 162 Å². The third-order valence-electron chi connectivity index (χ3n) is 4.58. The van der Waals surface area contributed by atoms with E-state index >= 15 is 0 Å². The van der Waals surface area contributed by atoms with Crippen molar-refractivity contribution in [3.8, 4) is 11.5 Å². The smallest absolute Gasteiger partial charge is 0.238 e. The molecular weight excluding hydrogens is 340 g/mol. The lowest BCUT2D eigenvalue weighted by Crippen LogP contribution is -2.33. The van der Waals surface area contributed by atoms with E-state index in [1.165, 1.54) is 11.1 Å². The van der Waals surface area contributed by atoms with Crippen LogP contribution in [0.2, 0.25) is 0 Å². The van der Waals surface area contributed by atoms with E-state index in [1.54, 1.807) is 32.4 Å². The third-order valence-corrected chi connectivity index (χ3v) is 4.58. The Morgan fingerprint density at radius 1 is 1.04 bits per heavy atom. The Bertz CT molecular complexity index is 742. The molecule has 146 valence electrons. The van der Waals surface area contributed by atoms with E-state index in [4.69, 9.17) is 9.47 Å². The molecule has 2 aromatic rings. The molecule has 5 nitrogen and oxygen atoms in total. The van der Waals surface area contributed by atoms with Gasteiger partial charge in [-0.1, -0.05) is 45.0 Å². The average Bonchev–Trinajstić information content (AvgIpc) is 2.68. The summed E-state index contributed by atoms with van der Waals surface area (Å²) < 4.78 is 10.5. The predicted octanol–water partition coefficient (Wildman–Crippen LogP) is 4.19. The molecule has 0 spiro atoms. The first kappa shape index (κ1) is 20.8. The van der Waals surface area contributed by atoms with Crippen LogP contribution in [-0.4, -0.2) is 26.7 Å². The summed E-state index contributed by atoms with van der Waals surface area (Å²) >= 11 is 0. The first-order valence-corrected chi connectivity index (χ1v) is 9.32. The number of carbonyl (C=O) groups is 1. The average molecular weight is 370 g/mol. The molecule has 0 saturated carbocycles. The Kier molecular flexibility index (Phi) is 7.67. The summed E-state index contributed by atoms with van der Waals surface area (Å²) in [6.07, 6.45) is 1.02. The van der Waals surface area contributed by atoms with Crippen LogP contribution in [0.1, 0.15) is 37.9 Å². The van der Waals surface area contributed by atoms with Crippen molar-refractivity contribution in [1.82, 2.24) is 5.32 Å². The van der Waals surface area contributed by atoms with Gasteiger partial charge in [-0.25, -0.2) is 0 Å². The monoisotopic (exact) mass is 370 g/mol. The van der Waals surface area contributed by atoms with Gasteiger partial charge in [0.1, 0.15) is 11.5 Å². The molecule has 0 bridgehead atoms. The molecular formula is C22H30N2O3. The van der Waals surface area contributed by atoms with Crippen molar-refractivity contribution in [3.63, 3.8) is 0 Å². The second-order valence-electron chi connectivity index (χ2n) is 6.81. The topological polar surface area (TPSA) is 59.6 Å². The second-order valence-corrected chi connectivity index (χ2v) is 6.81. The zero-order chi connectivity index (χ0) is 19.8. The number of amides is 1. The third kappa shape index (κ3) is 5.73. The van der Waals surface area contributed by atoms with Gasteiger partial charge in [0.2, 0.25) is 5.91 Å². The van der Waals surface area contributed by atoms with Gasteiger partial charge < -0.3 is 20.1 Å². The van der Waals surface area contributed by atoms with Crippen LogP contribution in [0.3, 0.4) is 0 Å². The van der Waals surface area contributed by atoms with E-state index in [0.717, 1.165) is 6.42 Å². The van der Waals surface area contributed by atoms with Gasteiger partial charge >= 0.3 is 0 Å². The fourth-order valence-electron chi connectivity index (χ4n) is 3.01. The number of benzene rings is 2. The van der Waals surface area contributed by atoms with Crippen molar-refractivity contribution in [3.05, 3.63) is 53.6 Å². The van der Waals surface area contributed by atoms with Crippen LogP contribution >= 0.6 is 0 Å². The second kappa shape index (κ2) is 9.97. The Morgan fingerprint density at radius 2 is 1.74 bits per heavy atom. The van der Waals surface area contributed by atoms with Crippen molar-refractivity contribution in [2.24, 2.45) is 5.92 Å². The number of methoxy groups -OCH3 is 2. The van der Waals surface area contributed by atoms with Crippen LogP contribution in [0.25, 0.3) is 0 Å². The van der Waals surface area contributed by atoms with Crippen molar-refractivity contribution >= 4 is 11.6 Å². The number of aryl methyl sites for hydroxylation is 1. The van der Waals surface area contributed by atoms with Gasteiger partial charge in [0.25, 0.3) is 0 Å². The molecule has 27 heavy (non-hydrogen) atoms. The molecule has 0 aliphatic heterocycles. The van der Waals surface area contributed by atoms with E-state index in [9.17, 15) is 4.79 Å². The first-order valence-electron chi connectivity index (χ1n) is 9.32. The highest BCUT2D eigenvalue weighted by Gasteiger charge is 2.17. The fourth-order valence-corrected chi connectivity index (χ4v) is 3.01.